The van der Waals surface area contributed by atoms with E-state index in [-0.39, 0.29) is 10.2 Å². The van der Waals surface area contributed by atoms with Crippen molar-refractivity contribution in [3.05, 3.63) is 83.8 Å². The number of carbonyl (C=O) groups excluding carboxylic acids is 2. The Morgan fingerprint density at radius 1 is 1.21 bits per heavy atom. The highest BCUT2D eigenvalue weighted by molar-refractivity contribution is 9.10. The van der Waals surface area contributed by atoms with Gasteiger partial charge in [0.2, 0.25) is 0 Å². The quantitative estimate of drug-likeness (QED) is 0.238. The molecule has 0 unspecified atom stereocenters. The number of hydrazine groups is 1. The number of halogens is 2. The van der Waals surface area contributed by atoms with Crippen molar-refractivity contribution in [1.82, 2.24) is 10.4 Å². The van der Waals surface area contributed by atoms with Crippen LogP contribution in [0.1, 0.15) is 20.8 Å². The molecule has 3 aromatic rings. The van der Waals surface area contributed by atoms with E-state index in [4.69, 9.17) is 21.7 Å². The smallest absolute Gasteiger partial charge is 0.285 e. The lowest BCUT2D eigenvalue weighted by Gasteiger charge is -2.15. The van der Waals surface area contributed by atoms with E-state index in [1.165, 1.54) is 11.3 Å². The molecule has 174 valence electrons. The largest absolute Gasteiger partial charge is 0.493 e. The second-order valence-corrected chi connectivity index (χ2v) is 11.3. The molecule has 2 amide bonds. The van der Waals surface area contributed by atoms with Crippen molar-refractivity contribution < 1.29 is 19.1 Å². The number of benzene rings is 2. The van der Waals surface area contributed by atoms with Crippen LogP contribution in [0.25, 0.3) is 6.08 Å². The number of nitrogens with one attached hydrogen (secondary N) is 1. The third-order valence-electron chi connectivity index (χ3n) is 4.60. The minimum absolute atomic E-state index is 0.252. The number of rotatable bonds is 7. The first-order valence-corrected chi connectivity index (χ1v) is 13.4. The molecule has 1 fully saturated rings. The lowest BCUT2D eigenvalue weighted by molar-refractivity contribution is -0.123. The number of carbonyl (C=O) groups is 2. The number of hydrogen-bond donors (Lipinski definition) is 1. The molecule has 1 aliphatic heterocycles. The van der Waals surface area contributed by atoms with Gasteiger partial charge in [-0.2, -0.15) is 5.01 Å². The summed E-state index contributed by atoms with van der Waals surface area (Å²) in [5, 5.41) is 2.88. The van der Waals surface area contributed by atoms with Crippen molar-refractivity contribution in [1.29, 1.82) is 0 Å². The van der Waals surface area contributed by atoms with Crippen molar-refractivity contribution in [2.45, 2.75) is 6.61 Å². The lowest BCUT2D eigenvalue weighted by Crippen LogP contribution is -2.44. The summed E-state index contributed by atoms with van der Waals surface area (Å²) in [4.78, 5) is 26.1. The minimum atomic E-state index is -0.398. The molecule has 0 aliphatic carbocycles. The minimum Gasteiger partial charge on any atom is -0.493 e. The first kappa shape index (κ1) is 24.9. The Hall–Kier alpha value is -2.18. The van der Waals surface area contributed by atoms with Gasteiger partial charge in [-0.1, -0.05) is 45.9 Å². The summed E-state index contributed by atoms with van der Waals surface area (Å²) in [5.41, 5.74) is 4.29. The summed E-state index contributed by atoms with van der Waals surface area (Å²) < 4.78 is 13.4. The van der Waals surface area contributed by atoms with E-state index in [9.17, 15) is 9.59 Å². The van der Waals surface area contributed by atoms with Crippen molar-refractivity contribution in [3.8, 4) is 11.5 Å². The molecule has 0 radical (unpaired) electrons. The predicted octanol–water partition coefficient (Wildman–Crippen LogP) is 6.41. The molecule has 6 nitrogen and oxygen atoms in total. The zero-order chi connectivity index (χ0) is 24.2. The van der Waals surface area contributed by atoms with Crippen LogP contribution < -0.4 is 14.9 Å². The van der Waals surface area contributed by atoms with Crippen LogP contribution in [-0.4, -0.2) is 28.3 Å². The normalized spacial score (nSPS) is 14.6. The van der Waals surface area contributed by atoms with Crippen molar-refractivity contribution in [2.75, 3.05) is 7.11 Å². The van der Waals surface area contributed by atoms with Crippen molar-refractivity contribution in [3.63, 3.8) is 0 Å². The van der Waals surface area contributed by atoms with E-state index in [1.807, 2.05) is 30.3 Å². The summed E-state index contributed by atoms with van der Waals surface area (Å²) in [6.07, 6.45) is 1.70. The van der Waals surface area contributed by atoms with Gasteiger partial charge in [-0.15, -0.1) is 11.3 Å². The Morgan fingerprint density at radius 3 is 2.65 bits per heavy atom. The molecular weight excluding hydrogens is 624 g/mol. The van der Waals surface area contributed by atoms with Crippen LogP contribution >= 0.6 is 67.2 Å². The van der Waals surface area contributed by atoms with Crippen LogP contribution in [0.2, 0.25) is 0 Å². The van der Waals surface area contributed by atoms with Crippen molar-refractivity contribution in [2.24, 2.45) is 0 Å². The van der Waals surface area contributed by atoms with Gasteiger partial charge in [0, 0.05) is 4.47 Å². The fourth-order valence-electron chi connectivity index (χ4n) is 2.98. The van der Waals surface area contributed by atoms with E-state index in [2.05, 4.69) is 37.3 Å². The molecule has 4 rings (SSSR count). The van der Waals surface area contributed by atoms with Crippen molar-refractivity contribution >= 4 is 89.4 Å². The fourth-order valence-corrected chi connectivity index (χ4v) is 5.61. The third-order valence-corrected chi connectivity index (χ3v) is 7.89. The van der Waals surface area contributed by atoms with Gasteiger partial charge >= 0.3 is 0 Å². The molecule has 1 N–H and O–H groups in total. The van der Waals surface area contributed by atoms with Crippen LogP contribution in [0.5, 0.6) is 11.5 Å². The number of thiocarbonyl (C=S) groups is 1. The first-order valence-electron chi connectivity index (χ1n) is 9.73. The summed E-state index contributed by atoms with van der Waals surface area (Å²) >= 11 is 14.7. The molecule has 34 heavy (non-hydrogen) atoms. The maximum absolute atomic E-state index is 12.9. The highest BCUT2D eigenvalue weighted by atomic mass is 79.9. The Labute approximate surface area is 226 Å². The number of hydrogen-bond acceptors (Lipinski definition) is 7. The summed E-state index contributed by atoms with van der Waals surface area (Å²) in [6.45, 7) is 0.365. The molecule has 11 heteroatoms. The van der Waals surface area contributed by atoms with Crippen LogP contribution in [-0.2, 0) is 11.4 Å². The van der Waals surface area contributed by atoms with Gasteiger partial charge in [-0.3, -0.25) is 15.0 Å². The van der Waals surface area contributed by atoms with Gasteiger partial charge in [0.25, 0.3) is 11.8 Å². The molecule has 0 bridgehead atoms. The Balaban J connectivity index is 1.51. The highest BCUT2D eigenvalue weighted by Crippen LogP contribution is 2.39. The first-order chi connectivity index (χ1) is 16.4. The molecule has 2 aromatic carbocycles. The topological polar surface area (TPSA) is 67.9 Å². The van der Waals surface area contributed by atoms with Crippen LogP contribution in [0.3, 0.4) is 0 Å². The number of thiophene rings is 1. The Morgan fingerprint density at radius 2 is 1.97 bits per heavy atom. The second kappa shape index (κ2) is 11.0. The zero-order valence-corrected chi connectivity index (χ0v) is 23.2. The SMILES string of the molecule is COc1cc(/C=C2/SC(=S)N(NC(=O)c3cccs3)C2=O)cc(Br)c1OCc1ccc(Br)cc1. The number of thioether (sulfide) groups is 1. The fraction of sp³-hybridized carbons (Fsp3) is 0.0870. The molecule has 1 saturated heterocycles. The summed E-state index contributed by atoms with van der Waals surface area (Å²) in [6, 6.07) is 14.9. The van der Waals surface area contributed by atoms with Gasteiger partial charge in [-0.05, 0) is 81.1 Å². The van der Waals surface area contributed by atoms with Gasteiger partial charge < -0.3 is 9.47 Å². The molecule has 0 saturated carbocycles. The predicted molar refractivity (Wildman–Crippen MR) is 146 cm³/mol. The third kappa shape index (κ3) is 5.72. The summed E-state index contributed by atoms with van der Waals surface area (Å²) in [5.74, 6) is 0.285. The molecule has 0 spiro atoms. The number of amides is 2. The van der Waals surface area contributed by atoms with E-state index >= 15 is 0 Å². The molecule has 1 aliphatic rings. The molecular formula is C23H16Br2N2O4S3. The monoisotopic (exact) mass is 638 g/mol. The average Bonchev–Trinajstić information content (AvgIpc) is 3.44. The Kier molecular flexibility index (Phi) is 8.10. The van der Waals surface area contributed by atoms with E-state index in [0.717, 1.165) is 26.8 Å². The van der Waals surface area contributed by atoms with Gasteiger partial charge in [-0.25, -0.2) is 0 Å². The number of nitrogens with zero attached hydrogens (tertiary/aromatic N) is 1. The van der Waals surface area contributed by atoms with Crippen LogP contribution in [0.4, 0.5) is 0 Å². The van der Waals surface area contributed by atoms with E-state index in [1.54, 1.807) is 36.8 Å². The molecule has 2 heterocycles. The summed E-state index contributed by atoms with van der Waals surface area (Å²) in [7, 11) is 1.55. The Bertz CT molecular complexity index is 1280. The number of ether oxygens (including phenoxy) is 2. The highest BCUT2D eigenvalue weighted by Gasteiger charge is 2.34. The average molecular weight is 640 g/mol. The molecule has 0 atom stereocenters. The maximum atomic E-state index is 12.9. The maximum Gasteiger partial charge on any atom is 0.285 e. The zero-order valence-electron chi connectivity index (χ0n) is 17.5. The van der Waals surface area contributed by atoms with Crippen LogP contribution in [0, 0.1) is 0 Å². The van der Waals surface area contributed by atoms with Crippen LogP contribution in [0.15, 0.2) is 67.8 Å². The standard InChI is InChI=1S/C23H16Br2N2O4S3/c1-30-17-10-14(9-16(25)20(17)31-12-13-4-6-15(24)7-5-13)11-19-22(29)27(23(32)34-19)26-21(28)18-3-2-8-33-18/h2-11H,12H2,1H3,(H,26,28)/b19-11+. The second-order valence-electron chi connectivity index (χ2n) is 6.88. The number of methoxy groups -OCH3 is 1. The van der Waals surface area contributed by atoms with E-state index in [0.29, 0.717) is 37.9 Å². The van der Waals surface area contributed by atoms with Gasteiger partial charge in [0.15, 0.2) is 15.8 Å². The van der Waals surface area contributed by atoms with Gasteiger partial charge in [0.1, 0.15) is 6.61 Å². The molecule has 1 aromatic heterocycles. The lowest BCUT2D eigenvalue weighted by atomic mass is 10.1. The van der Waals surface area contributed by atoms with Gasteiger partial charge in [0.05, 0.1) is 21.4 Å². The van der Waals surface area contributed by atoms with E-state index < -0.39 is 5.91 Å².